The number of ether oxygens (including phenoxy) is 1. The third kappa shape index (κ3) is 5.36. The van der Waals surface area contributed by atoms with Crippen LogP contribution in [0, 0.1) is 23.1 Å². The average Bonchev–Trinajstić information content (AvgIpc) is 2.55. The molecule has 4 heteroatoms. The summed E-state index contributed by atoms with van der Waals surface area (Å²) in [6.45, 7) is 6.38. The molecule has 0 unspecified atom stereocenters. The summed E-state index contributed by atoms with van der Waals surface area (Å²) in [7, 11) is 2.11. The van der Waals surface area contributed by atoms with Gasteiger partial charge in [0.05, 0.1) is 5.56 Å². The lowest BCUT2D eigenvalue weighted by Gasteiger charge is -2.18. The summed E-state index contributed by atoms with van der Waals surface area (Å²) in [6, 6.07) is 13.6. The molecule has 0 heterocycles. The fourth-order valence-electron chi connectivity index (χ4n) is 2.33. The lowest BCUT2D eigenvalue weighted by molar-refractivity contribution is 0.303. The zero-order valence-corrected chi connectivity index (χ0v) is 14.4. The van der Waals surface area contributed by atoms with E-state index in [1.54, 1.807) is 0 Å². The number of nitrogens with zero attached hydrogens (tertiary/aromatic N) is 2. The molecule has 0 saturated carbocycles. The number of rotatable bonds is 7. The van der Waals surface area contributed by atoms with Gasteiger partial charge in [0.2, 0.25) is 0 Å². The molecule has 0 aliphatic heterocycles. The number of nitriles is 1. The molecule has 0 fully saturated rings. The summed E-state index contributed by atoms with van der Waals surface area (Å²) in [4.78, 5) is 2.29. The Labute approximate surface area is 143 Å². The molecule has 0 aliphatic rings. The second-order valence-corrected chi connectivity index (χ2v) is 6.42. The van der Waals surface area contributed by atoms with Crippen molar-refractivity contribution in [3.05, 3.63) is 59.4 Å². The molecule has 0 N–H and O–H groups in total. The van der Waals surface area contributed by atoms with Crippen molar-refractivity contribution in [1.82, 2.24) is 4.90 Å². The van der Waals surface area contributed by atoms with Gasteiger partial charge in [0.25, 0.3) is 0 Å². The fourth-order valence-corrected chi connectivity index (χ4v) is 2.33. The van der Waals surface area contributed by atoms with E-state index >= 15 is 0 Å². The number of hydrogen-bond acceptors (Lipinski definition) is 3. The molecule has 3 nitrogen and oxygen atoms in total. The molecular formula is C20H23FN2O. The van der Waals surface area contributed by atoms with Crippen LogP contribution in [0.1, 0.15) is 31.4 Å². The predicted octanol–water partition coefficient (Wildman–Crippen LogP) is 4.97. The molecule has 2 aromatic rings. The van der Waals surface area contributed by atoms with E-state index in [1.165, 1.54) is 30.2 Å². The summed E-state index contributed by atoms with van der Waals surface area (Å²) in [5.41, 5.74) is 1.50. The van der Waals surface area contributed by atoms with Gasteiger partial charge in [-0.25, -0.2) is 4.39 Å². The highest BCUT2D eigenvalue weighted by Gasteiger charge is 2.07. The minimum atomic E-state index is -0.424. The molecule has 126 valence electrons. The van der Waals surface area contributed by atoms with E-state index in [2.05, 4.69) is 25.8 Å². The topological polar surface area (TPSA) is 36.3 Å². The van der Waals surface area contributed by atoms with Gasteiger partial charge in [0.15, 0.2) is 0 Å². The minimum Gasteiger partial charge on any atom is -0.456 e. The molecule has 0 radical (unpaired) electrons. The van der Waals surface area contributed by atoms with Gasteiger partial charge in [0.1, 0.15) is 23.4 Å². The lowest BCUT2D eigenvalue weighted by atomic mass is 10.1. The van der Waals surface area contributed by atoms with Gasteiger partial charge in [-0.15, -0.1) is 0 Å². The SMILES string of the molecule is CC(C)CCN(C)Cc1ccc(Oc2cc(F)ccc2C#N)cc1. The third-order valence-electron chi connectivity index (χ3n) is 3.76. The van der Waals surface area contributed by atoms with Gasteiger partial charge in [-0.2, -0.15) is 5.26 Å². The Kier molecular flexibility index (Phi) is 6.34. The molecular weight excluding hydrogens is 303 g/mol. The first-order valence-electron chi connectivity index (χ1n) is 8.13. The number of benzene rings is 2. The molecule has 0 spiro atoms. The summed E-state index contributed by atoms with van der Waals surface area (Å²) < 4.78 is 19.0. The quantitative estimate of drug-likeness (QED) is 0.721. The van der Waals surface area contributed by atoms with E-state index in [0.717, 1.165) is 13.1 Å². The fraction of sp³-hybridized carbons (Fsp3) is 0.350. The first-order chi connectivity index (χ1) is 11.5. The van der Waals surface area contributed by atoms with Gasteiger partial charge in [-0.3, -0.25) is 0 Å². The minimum absolute atomic E-state index is 0.235. The second kappa shape index (κ2) is 8.47. The number of hydrogen-bond donors (Lipinski definition) is 0. The summed E-state index contributed by atoms with van der Waals surface area (Å²) in [5.74, 6) is 1.10. The standard InChI is InChI=1S/C20H23FN2O/c1-15(2)10-11-23(3)14-16-4-8-19(9-5-16)24-20-12-18(21)7-6-17(20)13-22/h4-9,12,15H,10-11,14H2,1-3H3. The molecule has 0 atom stereocenters. The Hall–Kier alpha value is -2.38. The Morgan fingerprint density at radius 3 is 2.50 bits per heavy atom. The van der Waals surface area contributed by atoms with Crippen LogP contribution in [0.15, 0.2) is 42.5 Å². The van der Waals surface area contributed by atoms with Crippen LogP contribution in [0.3, 0.4) is 0 Å². The number of halogens is 1. The normalized spacial score (nSPS) is 10.9. The smallest absolute Gasteiger partial charge is 0.148 e. The Balaban J connectivity index is 2.00. The van der Waals surface area contributed by atoms with Crippen molar-refractivity contribution in [2.45, 2.75) is 26.8 Å². The summed E-state index contributed by atoms with van der Waals surface area (Å²) in [6.07, 6.45) is 1.17. The van der Waals surface area contributed by atoms with Gasteiger partial charge < -0.3 is 9.64 Å². The van der Waals surface area contributed by atoms with E-state index in [9.17, 15) is 4.39 Å². The first-order valence-corrected chi connectivity index (χ1v) is 8.13. The molecule has 0 aromatic heterocycles. The molecule has 24 heavy (non-hydrogen) atoms. The summed E-state index contributed by atoms with van der Waals surface area (Å²) >= 11 is 0. The van der Waals surface area contributed by atoms with E-state index in [-0.39, 0.29) is 5.75 Å². The average molecular weight is 326 g/mol. The second-order valence-electron chi connectivity index (χ2n) is 6.42. The van der Waals surface area contributed by atoms with E-state index in [4.69, 9.17) is 10.00 Å². The first kappa shape index (κ1) is 18.0. The van der Waals surface area contributed by atoms with Gasteiger partial charge in [-0.1, -0.05) is 26.0 Å². The van der Waals surface area contributed by atoms with E-state index in [0.29, 0.717) is 17.2 Å². The van der Waals surface area contributed by atoms with E-state index in [1.807, 2.05) is 30.3 Å². The molecule has 0 aliphatic carbocycles. The Morgan fingerprint density at radius 1 is 1.17 bits per heavy atom. The van der Waals surface area contributed by atoms with Crippen molar-refractivity contribution in [2.75, 3.05) is 13.6 Å². The highest BCUT2D eigenvalue weighted by Crippen LogP contribution is 2.26. The van der Waals surface area contributed by atoms with Crippen molar-refractivity contribution in [3.63, 3.8) is 0 Å². The van der Waals surface area contributed by atoms with Crippen LogP contribution in [0.5, 0.6) is 11.5 Å². The van der Waals surface area contributed by atoms with Crippen LogP contribution in [-0.4, -0.2) is 18.5 Å². The molecule has 2 rings (SSSR count). The highest BCUT2D eigenvalue weighted by molar-refractivity contribution is 5.45. The van der Waals surface area contributed by atoms with Crippen molar-refractivity contribution in [2.24, 2.45) is 5.92 Å². The van der Waals surface area contributed by atoms with Crippen LogP contribution < -0.4 is 4.74 Å². The predicted molar refractivity (Wildman–Crippen MR) is 93.4 cm³/mol. The Bertz CT molecular complexity index is 705. The van der Waals surface area contributed by atoms with Crippen molar-refractivity contribution in [3.8, 4) is 17.6 Å². The van der Waals surface area contributed by atoms with Gasteiger partial charge in [0, 0.05) is 12.6 Å². The van der Waals surface area contributed by atoms with Crippen molar-refractivity contribution < 1.29 is 9.13 Å². The van der Waals surface area contributed by atoms with Crippen LogP contribution >= 0.6 is 0 Å². The van der Waals surface area contributed by atoms with E-state index < -0.39 is 5.82 Å². The maximum Gasteiger partial charge on any atom is 0.148 e. The zero-order valence-electron chi connectivity index (χ0n) is 14.4. The highest BCUT2D eigenvalue weighted by atomic mass is 19.1. The molecule has 0 amide bonds. The van der Waals surface area contributed by atoms with Crippen LogP contribution in [-0.2, 0) is 6.54 Å². The van der Waals surface area contributed by atoms with Crippen LogP contribution in [0.2, 0.25) is 0 Å². The Morgan fingerprint density at radius 2 is 1.88 bits per heavy atom. The molecule has 2 aromatic carbocycles. The monoisotopic (exact) mass is 326 g/mol. The third-order valence-corrected chi connectivity index (χ3v) is 3.76. The van der Waals surface area contributed by atoms with Crippen molar-refractivity contribution >= 4 is 0 Å². The van der Waals surface area contributed by atoms with Gasteiger partial charge in [-0.05, 0) is 55.8 Å². The van der Waals surface area contributed by atoms with Crippen molar-refractivity contribution in [1.29, 1.82) is 5.26 Å². The largest absolute Gasteiger partial charge is 0.456 e. The van der Waals surface area contributed by atoms with Crippen LogP contribution in [0.4, 0.5) is 4.39 Å². The lowest BCUT2D eigenvalue weighted by Crippen LogP contribution is -2.20. The maximum atomic E-state index is 13.3. The summed E-state index contributed by atoms with van der Waals surface area (Å²) in [5, 5.41) is 9.06. The maximum absolute atomic E-state index is 13.3. The molecule has 0 bridgehead atoms. The van der Waals surface area contributed by atoms with Gasteiger partial charge >= 0.3 is 0 Å². The zero-order chi connectivity index (χ0) is 17.5. The molecule has 0 saturated heterocycles. The van der Waals surface area contributed by atoms with Crippen LogP contribution in [0.25, 0.3) is 0 Å².